The van der Waals surface area contributed by atoms with Gasteiger partial charge in [0, 0.05) is 22.4 Å². The van der Waals surface area contributed by atoms with Crippen LogP contribution in [0.15, 0.2) is 41.1 Å². The Kier molecular flexibility index (Phi) is 2.93. The van der Waals surface area contributed by atoms with Crippen LogP contribution in [0.2, 0.25) is 0 Å². The maximum absolute atomic E-state index is 10.1. The Morgan fingerprint density at radius 1 is 1.33 bits per heavy atom. The minimum absolute atomic E-state index is 0.561. The molecule has 0 amide bonds. The summed E-state index contributed by atoms with van der Waals surface area (Å²) in [6.07, 6.45) is 3.06. The molecule has 15 heavy (non-hydrogen) atoms. The third-order valence-corrected chi connectivity index (χ3v) is 3.40. The first-order valence-corrected chi connectivity index (χ1v) is 5.55. The van der Waals surface area contributed by atoms with Crippen LogP contribution in [-0.2, 0) is 0 Å². The fourth-order valence-electron chi connectivity index (χ4n) is 1.61. The van der Waals surface area contributed by atoms with Crippen LogP contribution in [0.1, 0.15) is 22.8 Å². The number of H-pyrrole nitrogens is 1. The summed E-state index contributed by atoms with van der Waals surface area (Å²) in [6, 6.07) is 7.73. The van der Waals surface area contributed by atoms with Gasteiger partial charge in [-0.2, -0.15) is 0 Å². The molecule has 0 aliphatic rings. The summed E-state index contributed by atoms with van der Waals surface area (Å²) in [5.41, 5.74) is 2.89. The molecule has 0 bridgehead atoms. The smallest absolute Gasteiger partial charge is 0.106 e. The van der Waals surface area contributed by atoms with E-state index in [0.29, 0.717) is 0 Å². The number of hydrogen-bond acceptors (Lipinski definition) is 1. The third kappa shape index (κ3) is 1.98. The van der Waals surface area contributed by atoms with Crippen molar-refractivity contribution >= 4 is 15.9 Å². The van der Waals surface area contributed by atoms with E-state index >= 15 is 0 Å². The minimum Gasteiger partial charge on any atom is -0.384 e. The molecule has 0 aliphatic heterocycles. The lowest BCUT2D eigenvalue weighted by atomic mass is 10.00. The van der Waals surface area contributed by atoms with Gasteiger partial charge in [0.25, 0.3) is 0 Å². The van der Waals surface area contributed by atoms with Crippen LogP contribution in [0.25, 0.3) is 0 Å². The Morgan fingerprint density at radius 2 is 2.13 bits per heavy atom. The Morgan fingerprint density at radius 3 is 2.80 bits per heavy atom. The molecule has 2 nitrogen and oxygen atoms in total. The van der Waals surface area contributed by atoms with Gasteiger partial charge in [-0.25, -0.2) is 0 Å². The summed E-state index contributed by atoms with van der Waals surface area (Å²) in [4.78, 5) is 2.94. The van der Waals surface area contributed by atoms with E-state index in [0.717, 1.165) is 21.2 Å². The standard InChI is InChI=1S/C12H12BrNO/c1-8-10(3-2-4-11(8)13)12(15)9-5-6-14-7-9/h2-7,12,14-15H,1H3. The van der Waals surface area contributed by atoms with Crippen LogP contribution in [0.5, 0.6) is 0 Å². The first-order chi connectivity index (χ1) is 7.20. The molecule has 0 saturated carbocycles. The van der Waals surface area contributed by atoms with Gasteiger partial charge >= 0.3 is 0 Å². The maximum atomic E-state index is 10.1. The van der Waals surface area contributed by atoms with Crippen LogP contribution < -0.4 is 0 Å². The van der Waals surface area contributed by atoms with Crippen molar-refractivity contribution < 1.29 is 5.11 Å². The topological polar surface area (TPSA) is 36.0 Å². The van der Waals surface area contributed by atoms with Crippen molar-refractivity contribution in [2.24, 2.45) is 0 Å². The van der Waals surface area contributed by atoms with Crippen molar-refractivity contribution in [2.75, 3.05) is 0 Å². The molecule has 0 aliphatic carbocycles. The van der Waals surface area contributed by atoms with Gasteiger partial charge in [-0.1, -0.05) is 28.1 Å². The normalized spacial score (nSPS) is 12.7. The van der Waals surface area contributed by atoms with Gasteiger partial charge in [0.15, 0.2) is 0 Å². The third-order valence-electron chi connectivity index (χ3n) is 2.54. The largest absolute Gasteiger partial charge is 0.384 e. The summed E-state index contributed by atoms with van der Waals surface area (Å²) in [6.45, 7) is 2.00. The van der Waals surface area contributed by atoms with Gasteiger partial charge < -0.3 is 10.1 Å². The minimum atomic E-state index is -0.561. The lowest BCUT2D eigenvalue weighted by Crippen LogP contribution is -2.00. The number of halogens is 1. The molecule has 2 rings (SSSR count). The zero-order valence-corrected chi connectivity index (χ0v) is 9.95. The quantitative estimate of drug-likeness (QED) is 0.860. The summed E-state index contributed by atoms with van der Waals surface area (Å²) in [7, 11) is 0. The van der Waals surface area contributed by atoms with E-state index in [1.165, 1.54) is 0 Å². The number of aromatic amines is 1. The van der Waals surface area contributed by atoms with Crippen LogP contribution >= 0.6 is 15.9 Å². The molecule has 2 N–H and O–H groups in total. The molecule has 78 valence electrons. The van der Waals surface area contributed by atoms with E-state index in [9.17, 15) is 5.11 Å². The van der Waals surface area contributed by atoms with Crippen LogP contribution in [0.4, 0.5) is 0 Å². The number of benzene rings is 1. The number of aromatic nitrogens is 1. The van der Waals surface area contributed by atoms with Crippen LogP contribution in [0.3, 0.4) is 0 Å². The molecular weight excluding hydrogens is 254 g/mol. The van der Waals surface area contributed by atoms with E-state index in [1.54, 1.807) is 0 Å². The van der Waals surface area contributed by atoms with E-state index in [1.807, 2.05) is 43.6 Å². The average molecular weight is 266 g/mol. The summed E-state index contributed by atoms with van der Waals surface area (Å²) in [5, 5.41) is 10.1. The van der Waals surface area contributed by atoms with Crippen molar-refractivity contribution in [3.05, 3.63) is 57.8 Å². The molecule has 0 radical (unpaired) electrons. The summed E-state index contributed by atoms with van der Waals surface area (Å²) >= 11 is 3.46. The van der Waals surface area contributed by atoms with E-state index in [2.05, 4.69) is 20.9 Å². The Balaban J connectivity index is 2.42. The predicted octanol–water partition coefficient (Wildman–Crippen LogP) is 3.17. The summed E-state index contributed by atoms with van der Waals surface area (Å²) < 4.78 is 1.02. The monoisotopic (exact) mass is 265 g/mol. The van der Waals surface area contributed by atoms with Crippen molar-refractivity contribution in [2.45, 2.75) is 13.0 Å². The zero-order chi connectivity index (χ0) is 10.8. The van der Waals surface area contributed by atoms with Crippen molar-refractivity contribution in [3.8, 4) is 0 Å². The number of rotatable bonds is 2. The van der Waals surface area contributed by atoms with Gasteiger partial charge in [-0.15, -0.1) is 0 Å². The highest BCUT2D eigenvalue weighted by Gasteiger charge is 2.13. The molecule has 3 heteroatoms. The molecule has 0 saturated heterocycles. The fourth-order valence-corrected chi connectivity index (χ4v) is 1.99. The van der Waals surface area contributed by atoms with Crippen molar-refractivity contribution in [3.63, 3.8) is 0 Å². The molecule has 0 fully saturated rings. The van der Waals surface area contributed by atoms with Crippen molar-refractivity contribution in [1.29, 1.82) is 0 Å². The number of hydrogen-bond donors (Lipinski definition) is 2. The number of aliphatic hydroxyl groups excluding tert-OH is 1. The van der Waals surface area contributed by atoms with Gasteiger partial charge in [0.05, 0.1) is 0 Å². The summed E-state index contributed by atoms with van der Waals surface area (Å²) in [5.74, 6) is 0. The van der Waals surface area contributed by atoms with E-state index in [4.69, 9.17) is 0 Å². The molecular formula is C12H12BrNO. The molecule has 1 aromatic heterocycles. The molecule has 2 aromatic rings. The predicted molar refractivity (Wildman–Crippen MR) is 63.7 cm³/mol. The molecule has 1 aromatic carbocycles. The second-order valence-corrected chi connectivity index (χ2v) is 4.36. The zero-order valence-electron chi connectivity index (χ0n) is 8.37. The maximum Gasteiger partial charge on any atom is 0.106 e. The highest BCUT2D eigenvalue weighted by atomic mass is 79.9. The SMILES string of the molecule is Cc1c(Br)cccc1C(O)c1cc[nH]c1. The molecule has 0 spiro atoms. The van der Waals surface area contributed by atoms with E-state index < -0.39 is 6.10 Å². The highest BCUT2D eigenvalue weighted by molar-refractivity contribution is 9.10. The van der Waals surface area contributed by atoms with Gasteiger partial charge in [0.1, 0.15) is 6.10 Å². The lowest BCUT2D eigenvalue weighted by molar-refractivity contribution is 0.219. The van der Waals surface area contributed by atoms with Gasteiger partial charge in [-0.05, 0) is 30.2 Å². The second kappa shape index (κ2) is 4.21. The van der Waals surface area contributed by atoms with Crippen LogP contribution in [0, 0.1) is 6.92 Å². The van der Waals surface area contributed by atoms with Gasteiger partial charge in [0.2, 0.25) is 0 Å². The second-order valence-electron chi connectivity index (χ2n) is 3.50. The first kappa shape index (κ1) is 10.5. The Labute approximate surface area is 97.1 Å². The number of aliphatic hydroxyl groups is 1. The molecule has 1 unspecified atom stereocenters. The van der Waals surface area contributed by atoms with Crippen LogP contribution in [-0.4, -0.2) is 10.1 Å². The average Bonchev–Trinajstić information content (AvgIpc) is 2.74. The van der Waals surface area contributed by atoms with Gasteiger partial charge in [-0.3, -0.25) is 0 Å². The lowest BCUT2D eigenvalue weighted by Gasteiger charge is -2.13. The molecule has 1 atom stereocenters. The van der Waals surface area contributed by atoms with E-state index in [-0.39, 0.29) is 0 Å². The van der Waals surface area contributed by atoms with Crippen molar-refractivity contribution in [1.82, 2.24) is 4.98 Å². The first-order valence-electron chi connectivity index (χ1n) is 4.76. The number of nitrogens with one attached hydrogen (secondary N) is 1. The molecule has 1 heterocycles. The fraction of sp³-hybridized carbons (Fsp3) is 0.167. The Bertz CT molecular complexity index is 451. The Hall–Kier alpha value is -1.06. The highest BCUT2D eigenvalue weighted by Crippen LogP contribution is 2.28.